The lowest BCUT2D eigenvalue weighted by Crippen LogP contribution is -2.10. The molecule has 0 unspecified atom stereocenters. The number of thioether (sulfide) groups is 3. The molecule has 25 nitrogen and oxygen atoms in total. The number of hydrogen-bond acceptors (Lipinski definition) is 26. The molecule has 4 aromatic carbocycles. The van der Waals surface area contributed by atoms with Crippen LogP contribution in [0.2, 0.25) is 15.5 Å². The number of anilines is 2. The molecule has 6 aromatic heterocycles. The molecule has 3 N–H and O–H groups in total. The SMILES string of the molecule is COc1cc(-c2ccc3c(c2)OCO3)nc(S(C)(=O)=O)n1.COc1cc(-c2ccc3c(c2)OCO3)nc(SC)n1.COc1cc(Cl)nc(SC)n1.CSc1nc(Cl)cc(Cl)n1.O=c1cc(-c2ccc3c(c2)OCO3)nc(Nc2ccc3[nH]ncc3c2)[nH]1. The lowest BCUT2D eigenvalue weighted by molar-refractivity contribution is 0.173. The summed E-state index contributed by atoms with van der Waals surface area (Å²) < 4.78 is 70.3. The zero-order valence-electron chi connectivity index (χ0n) is 46.7. The van der Waals surface area contributed by atoms with Crippen LogP contribution >= 0.6 is 70.1 Å². The van der Waals surface area contributed by atoms with Crippen LogP contribution in [0.5, 0.6) is 52.1 Å². The zero-order chi connectivity index (χ0) is 61.6. The van der Waals surface area contributed by atoms with Crippen molar-refractivity contribution in [1.29, 1.82) is 0 Å². The fraction of sp³-hybridized carbons (Fsp3) is 0.182. The largest absolute Gasteiger partial charge is 0.481 e. The first-order valence-corrected chi connectivity index (χ1v) is 31.7. The molecule has 3 aliphatic rings. The summed E-state index contributed by atoms with van der Waals surface area (Å²) in [6, 6.07) is 30.0. The standard InChI is InChI=1S/C18H13N5O3.C13H12N2O5S.C13H12N2O3S.C6H7ClN2OS.C5H4Cl2N2S/c24-17-7-14(10-1-4-15-16(6-10)26-9-25-15)21-18(22-17)20-12-2-3-13-11(5-12)8-19-23-13;1-18-12-6-9(14-13(15-12)21(2,16)17)8-3-4-10-11(5-8)20-7-19-10;1-16-12-6-9(14-13(15-12)19-2)8-3-4-10-11(5-8)18-7-17-10;1-10-5-3-4(7)8-6(9-5)11-2;1-10-5-8-3(6)2-4(7)9-5/h1-8H,9H2,(H,19,23)(H2,20,21,22,24);3-6H,7H2,1-2H3;3-6H,7H2,1-2H3;3H,1-2H3;2H,1H3. The molecule has 0 radical (unpaired) electrons. The molecule has 9 heterocycles. The Kier molecular flexibility index (Phi) is 21.1. The van der Waals surface area contributed by atoms with Crippen LogP contribution < -0.4 is 53.5 Å². The van der Waals surface area contributed by atoms with Crippen molar-refractivity contribution in [3.8, 4) is 85.9 Å². The van der Waals surface area contributed by atoms with Crippen LogP contribution in [-0.2, 0) is 9.84 Å². The van der Waals surface area contributed by atoms with E-state index in [9.17, 15) is 13.2 Å². The lowest BCUT2D eigenvalue weighted by atomic mass is 10.1. The van der Waals surface area contributed by atoms with Gasteiger partial charge in [0, 0.05) is 64.4 Å². The van der Waals surface area contributed by atoms with Crippen molar-refractivity contribution >= 4 is 102 Å². The summed E-state index contributed by atoms with van der Waals surface area (Å²) in [6.45, 7) is 0.632. The number of nitrogens with zero attached hydrogens (tertiary/aromatic N) is 10. The lowest BCUT2D eigenvalue weighted by Gasteiger charge is -2.08. The van der Waals surface area contributed by atoms with Crippen molar-refractivity contribution < 1.29 is 51.0 Å². The summed E-state index contributed by atoms with van der Waals surface area (Å²) >= 11 is 21.1. The number of halogens is 3. The van der Waals surface area contributed by atoms with E-state index in [1.54, 1.807) is 62.9 Å². The van der Waals surface area contributed by atoms with Gasteiger partial charge in [0.1, 0.15) is 15.5 Å². The number of nitrogens with one attached hydrogen (secondary N) is 3. The number of rotatable bonds is 12. The highest BCUT2D eigenvalue weighted by Gasteiger charge is 2.20. The molecule has 450 valence electrons. The summed E-state index contributed by atoms with van der Waals surface area (Å²) in [4.78, 5) is 51.6. The average molecular weight is 1320 g/mol. The highest BCUT2D eigenvalue weighted by molar-refractivity contribution is 7.98. The Balaban J connectivity index is 0.000000135. The van der Waals surface area contributed by atoms with E-state index < -0.39 is 9.84 Å². The second kappa shape index (κ2) is 29.2. The molecule has 3 aliphatic heterocycles. The van der Waals surface area contributed by atoms with Crippen LogP contribution in [0, 0.1) is 0 Å². The molecule has 0 bridgehead atoms. The molecule has 32 heteroatoms. The minimum Gasteiger partial charge on any atom is -0.481 e. The van der Waals surface area contributed by atoms with E-state index >= 15 is 0 Å². The molecule has 0 fully saturated rings. The predicted molar refractivity (Wildman–Crippen MR) is 330 cm³/mol. The first-order chi connectivity index (χ1) is 42.0. The van der Waals surface area contributed by atoms with Crippen LogP contribution in [0.15, 0.2) is 135 Å². The van der Waals surface area contributed by atoms with E-state index in [4.69, 9.17) is 77.4 Å². The normalized spacial score (nSPS) is 12.0. The van der Waals surface area contributed by atoms with Gasteiger partial charge in [-0.2, -0.15) is 20.1 Å². The predicted octanol–water partition coefficient (Wildman–Crippen LogP) is 11.0. The molecule has 87 heavy (non-hydrogen) atoms. The molecule has 0 saturated carbocycles. The second-order valence-corrected chi connectivity index (χ2v) is 22.7. The van der Waals surface area contributed by atoms with Gasteiger partial charge in [-0.25, -0.2) is 38.3 Å². The van der Waals surface area contributed by atoms with Gasteiger partial charge in [-0.05, 0) is 91.6 Å². The molecule has 0 aliphatic carbocycles. The third-order valence-corrected chi connectivity index (χ3v) is 14.7. The number of aromatic amines is 2. The number of sulfone groups is 1. The number of ether oxygens (including phenoxy) is 9. The Bertz CT molecular complexity index is 4210. The Labute approximate surface area is 523 Å². The number of aromatic nitrogens is 12. The third kappa shape index (κ3) is 16.9. The molecule has 13 rings (SSSR count). The Hall–Kier alpha value is -8.58. The van der Waals surface area contributed by atoms with E-state index in [1.807, 2.05) is 67.3 Å². The smallest absolute Gasteiger partial charge is 0.252 e. The summed E-state index contributed by atoms with van der Waals surface area (Å²) in [6.07, 6.45) is 8.45. The zero-order valence-corrected chi connectivity index (χ0v) is 52.2. The molecule has 0 atom stereocenters. The first kappa shape index (κ1) is 62.9. The molecular formula is C55H48Cl3N13O12S4. The Morgan fingerprint density at radius 1 is 0.506 bits per heavy atom. The first-order valence-electron chi connectivity index (χ1n) is 25.0. The van der Waals surface area contributed by atoms with Gasteiger partial charge >= 0.3 is 0 Å². The fourth-order valence-electron chi connectivity index (χ4n) is 7.59. The molecular weight excluding hydrogens is 1270 g/mol. The molecule has 0 amide bonds. The number of hydrogen-bond donors (Lipinski definition) is 3. The number of fused-ring (bicyclic) bond motifs is 4. The van der Waals surface area contributed by atoms with Gasteiger partial charge in [-0.1, -0.05) is 70.1 Å². The van der Waals surface area contributed by atoms with E-state index in [0.717, 1.165) is 51.2 Å². The minimum atomic E-state index is -3.54. The van der Waals surface area contributed by atoms with Crippen molar-refractivity contribution in [1.82, 2.24) is 60.0 Å². The van der Waals surface area contributed by atoms with Crippen LogP contribution in [0.4, 0.5) is 11.6 Å². The summed E-state index contributed by atoms with van der Waals surface area (Å²) in [5.74, 6) is 5.63. The minimum absolute atomic E-state index is 0.167. The molecule has 10 aromatic rings. The van der Waals surface area contributed by atoms with Crippen LogP contribution in [-0.4, -0.2) is 135 Å². The average Bonchev–Trinajstić information content (AvgIpc) is 3.80. The van der Waals surface area contributed by atoms with Crippen molar-refractivity contribution in [3.05, 3.63) is 135 Å². The summed E-state index contributed by atoms with van der Waals surface area (Å²) in [5, 5.41) is 13.7. The summed E-state index contributed by atoms with van der Waals surface area (Å²) in [5.41, 5.74) is 5.66. The number of benzene rings is 4. The third-order valence-electron chi connectivity index (χ3n) is 11.6. The van der Waals surface area contributed by atoms with Crippen LogP contribution in [0.25, 0.3) is 44.7 Å². The topological polar surface area (TPSA) is 307 Å². The van der Waals surface area contributed by atoms with Crippen molar-refractivity contribution in [2.45, 2.75) is 20.6 Å². The van der Waals surface area contributed by atoms with Gasteiger partial charge in [-0.15, -0.1) is 0 Å². The van der Waals surface area contributed by atoms with E-state index in [2.05, 4.69) is 65.4 Å². The summed E-state index contributed by atoms with van der Waals surface area (Å²) in [7, 11) is 1.02. The van der Waals surface area contributed by atoms with Crippen molar-refractivity contribution in [3.63, 3.8) is 0 Å². The second-order valence-electron chi connectivity index (χ2n) is 17.3. The van der Waals surface area contributed by atoms with Gasteiger partial charge in [0.05, 0.1) is 50.1 Å². The van der Waals surface area contributed by atoms with E-state index in [0.29, 0.717) is 88.6 Å². The van der Waals surface area contributed by atoms with Crippen molar-refractivity contribution in [2.75, 3.05) is 72.0 Å². The number of methoxy groups -OCH3 is 3. The maximum Gasteiger partial charge on any atom is 0.252 e. The van der Waals surface area contributed by atoms with Crippen LogP contribution in [0.1, 0.15) is 0 Å². The molecule has 0 spiro atoms. The number of H-pyrrole nitrogens is 2. The maximum atomic E-state index is 12.1. The monoisotopic (exact) mass is 1320 g/mol. The van der Waals surface area contributed by atoms with Gasteiger partial charge in [0.15, 0.2) is 50.0 Å². The fourth-order valence-corrected chi connectivity index (χ4v) is 9.98. The highest BCUT2D eigenvalue weighted by atomic mass is 35.5. The van der Waals surface area contributed by atoms with Crippen LogP contribution in [0.3, 0.4) is 0 Å². The Morgan fingerprint density at radius 2 is 0.954 bits per heavy atom. The highest BCUT2D eigenvalue weighted by Crippen LogP contribution is 2.39. The van der Waals surface area contributed by atoms with E-state index in [1.165, 1.54) is 54.5 Å². The van der Waals surface area contributed by atoms with Gasteiger partial charge in [-0.3, -0.25) is 14.9 Å². The molecule has 0 saturated heterocycles. The van der Waals surface area contributed by atoms with E-state index in [-0.39, 0.29) is 37.0 Å². The quantitative estimate of drug-likeness (QED) is 0.0581. The maximum absolute atomic E-state index is 12.1. The van der Waals surface area contributed by atoms with Gasteiger partial charge in [0.25, 0.3) is 10.7 Å². The Morgan fingerprint density at radius 3 is 1.46 bits per heavy atom. The van der Waals surface area contributed by atoms with Gasteiger partial charge < -0.3 is 47.9 Å². The van der Waals surface area contributed by atoms with Crippen molar-refractivity contribution in [2.24, 2.45) is 0 Å². The van der Waals surface area contributed by atoms with Gasteiger partial charge in [0.2, 0.25) is 53.8 Å².